The first-order valence-corrected chi connectivity index (χ1v) is 19.7. The van der Waals surface area contributed by atoms with E-state index in [0.717, 1.165) is 32.3 Å². The summed E-state index contributed by atoms with van der Waals surface area (Å²) < 4.78 is 20.0. The molecule has 1 saturated heterocycles. The lowest BCUT2D eigenvalue weighted by molar-refractivity contribution is -0.121. The van der Waals surface area contributed by atoms with Gasteiger partial charge >= 0.3 is 0 Å². The molecule has 1 N–H and O–H groups in total. The highest BCUT2D eigenvalue weighted by atomic mass is 31.2. The molecule has 0 saturated carbocycles. The summed E-state index contributed by atoms with van der Waals surface area (Å²) in [5.41, 5.74) is 1.54. The first kappa shape index (κ1) is 34.4. The van der Waals surface area contributed by atoms with Crippen LogP contribution in [0.4, 0.5) is 5.69 Å². The Balaban J connectivity index is 1.12. The van der Waals surface area contributed by atoms with Crippen molar-refractivity contribution < 1.29 is 23.5 Å². The molecule has 1 aliphatic rings. The van der Waals surface area contributed by atoms with Crippen molar-refractivity contribution in [1.82, 2.24) is 4.90 Å². The normalized spacial score (nSPS) is 15.5. The molecule has 2 amide bonds. The van der Waals surface area contributed by atoms with Crippen molar-refractivity contribution in [2.24, 2.45) is 5.92 Å². The Labute approximate surface area is 298 Å². The molecule has 0 bridgehead atoms. The number of Topliss-reactive ketones (excluding diaryl/α,β-unsaturated/α-hetero) is 1. The number of fused-ring (bicyclic) bond motifs is 3. The molecule has 2 unspecified atom stereocenters. The van der Waals surface area contributed by atoms with E-state index in [1.165, 1.54) is 0 Å². The molecule has 6 aromatic carbocycles. The topological polar surface area (TPSA) is 92.8 Å². The number of nitrogens with zero attached hydrogens (tertiary/aromatic N) is 1. The van der Waals surface area contributed by atoms with E-state index in [9.17, 15) is 18.9 Å². The molecule has 1 fully saturated rings. The second-order valence-electron chi connectivity index (χ2n) is 13.4. The fourth-order valence-electron chi connectivity index (χ4n) is 7.43. The Morgan fingerprint density at radius 3 is 2.08 bits per heavy atom. The molecular formula is C43H41N2O5P. The van der Waals surface area contributed by atoms with E-state index in [-0.39, 0.29) is 36.5 Å². The van der Waals surface area contributed by atoms with Gasteiger partial charge in [-0.3, -0.25) is 18.9 Å². The van der Waals surface area contributed by atoms with Crippen LogP contribution in [0.15, 0.2) is 121 Å². The third kappa shape index (κ3) is 7.23. The minimum absolute atomic E-state index is 0.0315. The smallest absolute Gasteiger partial charge is 0.253 e. The maximum Gasteiger partial charge on any atom is 0.253 e. The lowest BCUT2D eigenvalue weighted by atomic mass is 9.93. The van der Waals surface area contributed by atoms with Gasteiger partial charge in [0.15, 0.2) is 5.78 Å². The lowest BCUT2D eigenvalue weighted by Crippen LogP contribution is -2.41. The number of rotatable bonds is 10. The molecule has 7 nitrogen and oxygen atoms in total. The summed E-state index contributed by atoms with van der Waals surface area (Å²) in [5, 5.41) is 8.93. The third-order valence-corrected chi connectivity index (χ3v) is 12.3. The van der Waals surface area contributed by atoms with Crippen LogP contribution in [0.1, 0.15) is 46.9 Å². The minimum atomic E-state index is -3.45. The van der Waals surface area contributed by atoms with Crippen LogP contribution >= 0.6 is 7.37 Å². The Hall–Kier alpha value is -5.10. The minimum Gasteiger partial charge on any atom is -0.339 e. The van der Waals surface area contributed by atoms with Crippen LogP contribution in [-0.4, -0.2) is 48.9 Å². The van der Waals surface area contributed by atoms with Gasteiger partial charge in [0.25, 0.3) is 5.91 Å². The molecule has 0 aliphatic carbocycles. The van der Waals surface area contributed by atoms with Gasteiger partial charge < -0.3 is 14.7 Å². The van der Waals surface area contributed by atoms with Crippen molar-refractivity contribution in [1.29, 1.82) is 0 Å². The van der Waals surface area contributed by atoms with Crippen molar-refractivity contribution in [3.63, 3.8) is 0 Å². The zero-order chi connectivity index (χ0) is 35.5. The van der Waals surface area contributed by atoms with E-state index >= 15 is 0 Å². The zero-order valence-electron chi connectivity index (χ0n) is 28.9. The van der Waals surface area contributed by atoms with Crippen molar-refractivity contribution in [2.45, 2.75) is 31.8 Å². The third-order valence-electron chi connectivity index (χ3n) is 10.0. The first-order valence-electron chi connectivity index (χ1n) is 17.5. The van der Waals surface area contributed by atoms with E-state index in [0.29, 0.717) is 48.3 Å². The summed E-state index contributed by atoms with van der Waals surface area (Å²) in [5.74, 6) is -0.705. The Kier molecular flexibility index (Phi) is 9.86. The second-order valence-corrected chi connectivity index (χ2v) is 16.0. The number of anilines is 1. The summed E-state index contributed by atoms with van der Waals surface area (Å²) in [7, 11) is -3.45. The largest absolute Gasteiger partial charge is 0.339 e. The average molecular weight is 697 g/mol. The fraction of sp³-hybridized carbons (Fsp3) is 0.233. The molecule has 2 atom stereocenters. The van der Waals surface area contributed by atoms with E-state index < -0.39 is 13.0 Å². The van der Waals surface area contributed by atoms with Gasteiger partial charge in [0.2, 0.25) is 13.3 Å². The second kappa shape index (κ2) is 14.6. The Bertz CT molecular complexity index is 2320. The predicted octanol–water partition coefficient (Wildman–Crippen LogP) is 9.43. The van der Waals surface area contributed by atoms with E-state index in [2.05, 4.69) is 5.32 Å². The lowest BCUT2D eigenvalue weighted by Gasteiger charge is -2.31. The number of likely N-dealkylation sites (tertiary alicyclic amines) is 1. The number of ketones is 1. The average Bonchev–Trinajstić information content (AvgIpc) is 3.14. The van der Waals surface area contributed by atoms with Gasteiger partial charge in [0, 0.05) is 43.3 Å². The molecule has 0 aromatic heterocycles. The molecule has 51 heavy (non-hydrogen) atoms. The van der Waals surface area contributed by atoms with Crippen LogP contribution in [-0.2, 0) is 25.1 Å². The van der Waals surface area contributed by atoms with Crippen molar-refractivity contribution in [3.8, 4) is 0 Å². The zero-order valence-corrected chi connectivity index (χ0v) is 29.8. The molecule has 6 aromatic rings. The maximum atomic E-state index is 14.4. The summed E-state index contributed by atoms with van der Waals surface area (Å²) in [6, 6.07) is 38.9. The molecule has 1 aliphatic heterocycles. The Morgan fingerprint density at radius 1 is 0.765 bits per heavy atom. The van der Waals surface area contributed by atoms with E-state index in [4.69, 9.17) is 4.52 Å². The number of amides is 2. The molecule has 0 radical (unpaired) electrons. The summed E-state index contributed by atoms with van der Waals surface area (Å²) in [6.07, 6.45) is 1.02. The van der Waals surface area contributed by atoms with E-state index in [1.54, 1.807) is 13.6 Å². The van der Waals surface area contributed by atoms with Crippen LogP contribution in [0.5, 0.6) is 0 Å². The number of carbonyl (C=O) groups excluding carboxylic acids is 3. The van der Waals surface area contributed by atoms with Crippen molar-refractivity contribution in [2.75, 3.05) is 31.7 Å². The van der Waals surface area contributed by atoms with Crippen LogP contribution in [0.3, 0.4) is 0 Å². The van der Waals surface area contributed by atoms with Gasteiger partial charge in [-0.2, -0.15) is 0 Å². The SMILES string of the molecule is CCOP(C)(=O)C(C(=O)Cc1cc2ccccc2cc1NC(=O)C1CCN(C(=O)c2ccc3ccccc3c2)CC1)c1cccc2ccccc12. The number of piperidine rings is 1. The Morgan fingerprint density at radius 2 is 1.37 bits per heavy atom. The van der Waals surface area contributed by atoms with Gasteiger partial charge in [0.05, 0.1) is 6.61 Å². The van der Waals surface area contributed by atoms with Gasteiger partial charge in [-0.1, -0.05) is 97.1 Å². The first-order chi connectivity index (χ1) is 24.7. The maximum absolute atomic E-state index is 14.4. The molecule has 8 heteroatoms. The van der Waals surface area contributed by atoms with Crippen LogP contribution in [0, 0.1) is 5.92 Å². The van der Waals surface area contributed by atoms with Crippen molar-refractivity contribution in [3.05, 3.63) is 138 Å². The van der Waals surface area contributed by atoms with Gasteiger partial charge in [-0.25, -0.2) is 0 Å². The standard InChI is InChI=1S/C43H41N2O5P/c1-3-50-51(2,49)41(38-18-10-16-30-12-8-9-17-37(30)38)40(46)28-36-26-33-14-6-7-15-34(33)27-39(36)44-42(47)31-21-23-45(24-22-31)43(48)35-20-19-29-11-4-5-13-32(29)25-35/h4-20,25-27,31,41H,3,21-24,28H2,1-2H3,(H,44,47). The van der Waals surface area contributed by atoms with Crippen LogP contribution in [0.25, 0.3) is 32.3 Å². The molecule has 0 spiro atoms. The summed E-state index contributed by atoms with van der Waals surface area (Å²) >= 11 is 0. The van der Waals surface area contributed by atoms with Crippen molar-refractivity contribution >= 4 is 63.0 Å². The van der Waals surface area contributed by atoms with Crippen LogP contribution in [0.2, 0.25) is 0 Å². The van der Waals surface area contributed by atoms with Gasteiger partial charge in [-0.15, -0.1) is 0 Å². The van der Waals surface area contributed by atoms with Gasteiger partial charge in [0.1, 0.15) is 5.66 Å². The number of hydrogen-bond acceptors (Lipinski definition) is 5. The van der Waals surface area contributed by atoms with Gasteiger partial charge in [-0.05, 0) is 87.5 Å². The van der Waals surface area contributed by atoms with E-state index in [1.807, 2.05) is 126 Å². The highest BCUT2D eigenvalue weighted by molar-refractivity contribution is 7.59. The number of nitrogens with one attached hydrogen (secondary N) is 1. The molecule has 1 heterocycles. The molecule has 7 rings (SSSR count). The number of benzene rings is 6. The highest BCUT2D eigenvalue weighted by Gasteiger charge is 2.38. The quantitative estimate of drug-likeness (QED) is 0.144. The monoisotopic (exact) mass is 696 g/mol. The summed E-state index contributed by atoms with van der Waals surface area (Å²) in [4.78, 5) is 43.5. The molecular weight excluding hydrogens is 655 g/mol. The molecule has 258 valence electrons. The number of hydrogen-bond donors (Lipinski definition) is 1. The van der Waals surface area contributed by atoms with Crippen LogP contribution < -0.4 is 5.32 Å². The highest BCUT2D eigenvalue weighted by Crippen LogP contribution is 2.58. The predicted molar refractivity (Wildman–Crippen MR) is 206 cm³/mol. The summed E-state index contributed by atoms with van der Waals surface area (Å²) in [6.45, 7) is 4.49. The fourth-order valence-corrected chi connectivity index (χ4v) is 9.43. The number of carbonyl (C=O) groups is 3.